The standard InChI is InChI=1S/C20H25N7/c1-2-27-8-6-12(7-9-27)19-14(10-21)17(15(11-22)20(25)26-19)13-4-3-5-16(23)18(13)24/h3-5,11-12,17,23-24H,2,6-9,22H2,1H3,(H2,25,26)/b15-11-,23-16?,24-18?. The van der Waals surface area contributed by atoms with Crippen molar-refractivity contribution in [1.82, 2.24) is 4.90 Å². The van der Waals surface area contributed by atoms with Crippen LogP contribution in [0, 0.1) is 34.0 Å². The summed E-state index contributed by atoms with van der Waals surface area (Å²) < 4.78 is 0. The third-order valence-corrected chi connectivity index (χ3v) is 5.54. The van der Waals surface area contributed by atoms with E-state index in [1.807, 2.05) is 0 Å². The molecule has 3 rings (SSSR count). The lowest BCUT2D eigenvalue weighted by atomic mass is 9.75. The van der Waals surface area contributed by atoms with Crippen LogP contribution in [0.1, 0.15) is 19.8 Å². The van der Waals surface area contributed by atoms with Crippen LogP contribution in [0.15, 0.2) is 51.8 Å². The van der Waals surface area contributed by atoms with Gasteiger partial charge in [0.15, 0.2) is 0 Å². The highest BCUT2D eigenvalue weighted by atomic mass is 15.1. The number of rotatable bonds is 3. The van der Waals surface area contributed by atoms with Gasteiger partial charge in [0.05, 0.1) is 34.7 Å². The number of allylic oxidation sites excluding steroid dienone is 6. The van der Waals surface area contributed by atoms with Crippen molar-refractivity contribution in [3.05, 3.63) is 46.8 Å². The number of amidine groups is 1. The van der Waals surface area contributed by atoms with Gasteiger partial charge in [-0.2, -0.15) is 5.26 Å². The molecule has 2 heterocycles. The molecule has 0 aromatic carbocycles. The van der Waals surface area contributed by atoms with E-state index in [1.54, 1.807) is 18.2 Å². The number of hydrogen-bond acceptors (Lipinski definition) is 7. The zero-order valence-corrected chi connectivity index (χ0v) is 15.5. The monoisotopic (exact) mass is 363 g/mol. The van der Waals surface area contributed by atoms with E-state index in [0.29, 0.717) is 22.6 Å². The average Bonchev–Trinajstić information content (AvgIpc) is 2.69. The van der Waals surface area contributed by atoms with E-state index < -0.39 is 5.92 Å². The van der Waals surface area contributed by atoms with E-state index in [0.717, 1.165) is 38.2 Å². The minimum absolute atomic E-state index is 0.0875. The molecular formula is C20H25N7. The molecule has 0 amide bonds. The fourth-order valence-corrected chi connectivity index (χ4v) is 3.98. The van der Waals surface area contributed by atoms with E-state index in [9.17, 15) is 5.26 Å². The van der Waals surface area contributed by atoms with Crippen molar-refractivity contribution < 1.29 is 0 Å². The number of piperidine rings is 1. The molecule has 0 spiro atoms. The number of nitrogens with two attached hydrogens (primary N) is 2. The van der Waals surface area contributed by atoms with E-state index in [1.165, 1.54) is 6.20 Å². The molecule has 7 nitrogen and oxygen atoms in total. The second kappa shape index (κ2) is 7.72. The van der Waals surface area contributed by atoms with Gasteiger partial charge in [-0.3, -0.25) is 10.8 Å². The molecule has 0 aromatic rings. The van der Waals surface area contributed by atoms with E-state index in [4.69, 9.17) is 22.3 Å². The van der Waals surface area contributed by atoms with Gasteiger partial charge in [-0.15, -0.1) is 0 Å². The summed E-state index contributed by atoms with van der Waals surface area (Å²) in [4.78, 5) is 6.95. The van der Waals surface area contributed by atoms with E-state index in [-0.39, 0.29) is 17.3 Å². The Morgan fingerprint density at radius 2 is 2.07 bits per heavy atom. The summed E-state index contributed by atoms with van der Waals surface area (Å²) >= 11 is 0. The molecule has 1 fully saturated rings. The summed E-state index contributed by atoms with van der Waals surface area (Å²) in [6.45, 7) is 5.10. The van der Waals surface area contributed by atoms with Gasteiger partial charge in [-0.1, -0.05) is 19.1 Å². The largest absolute Gasteiger partial charge is 0.404 e. The molecule has 1 aliphatic carbocycles. The highest BCUT2D eigenvalue weighted by Gasteiger charge is 2.37. The van der Waals surface area contributed by atoms with Crippen LogP contribution in [0.4, 0.5) is 0 Å². The fraction of sp³-hybridized carbons (Fsp3) is 0.400. The van der Waals surface area contributed by atoms with E-state index >= 15 is 0 Å². The van der Waals surface area contributed by atoms with Crippen molar-refractivity contribution in [2.45, 2.75) is 19.8 Å². The Kier molecular flexibility index (Phi) is 5.38. The lowest BCUT2D eigenvalue weighted by molar-refractivity contribution is 0.206. The first kappa shape index (κ1) is 18.8. The summed E-state index contributed by atoms with van der Waals surface area (Å²) in [5.41, 5.74) is 14.5. The van der Waals surface area contributed by atoms with Gasteiger partial charge < -0.3 is 16.4 Å². The number of nitrogens with zero attached hydrogens (tertiary/aromatic N) is 3. The van der Waals surface area contributed by atoms with Crippen LogP contribution in [0.2, 0.25) is 0 Å². The Hall–Kier alpha value is -2.98. The van der Waals surface area contributed by atoms with Crippen molar-refractivity contribution in [3.8, 4) is 6.07 Å². The van der Waals surface area contributed by atoms with Gasteiger partial charge in [0.25, 0.3) is 0 Å². The first-order valence-electron chi connectivity index (χ1n) is 9.20. The van der Waals surface area contributed by atoms with Gasteiger partial charge in [0, 0.05) is 17.7 Å². The van der Waals surface area contributed by atoms with Crippen molar-refractivity contribution >= 4 is 17.3 Å². The van der Waals surface area contributed by atoms with Crippen molar-refractivity contribution in [2.24, 2.45) is 28.3 Å². The smallest absolute Gasteiger partial charge is 0.129 e. The predicted octanol–water partition coefficient (Wildman–Crippen LogP) is 1.86. The van der Waals surface area contributed by atoms with Crippen LogP contribution < -0.4 is 11.5 Å². The molecule has 2 aliphatic heterocycles. The van der Waals surface area contributed by atoms with Gasteiger partial charge in [-0.05, 0) is 44.1 Å². The highest BCUT2D eigenvalue weighted by Crippen LogP contribution is 2.40. The average molecular weight is 363 g/mol. The topological polar surface area (TPSA) is 139 Å². The lowest BCUT2D eigenvalue weighted by Crippen LogP contribution is -2.37. The van der Waals surface area contributed by atoms with Crippen LogP contribution >= 0.6 is 0 Å². The summed E-state index contributed by atoms with van der Waals surface area (Å²) in [7, 11) is 0. The van der Waals surface area contributed by atoms with Gasteiger partial charge in [0.1, 0.15) is 5.84 Å². The van der Waals surface area contributed by atoms with Crippen molar-refractivity contribution in [3.63, 3.8) is 0 Å². The molecule has 1 unspecified atom stereocenters. The molecule has 0 saturated carbocycles. The molecule has 1 saturated heterocycles. The quantitative estimate of drug-likeness (QED) is 0.568. The number of nitrogens with one attached hydrogen (secondary N) is 2. The molecular weight excluding hydrogens is 338 g/mol. The molecule has 0 bridgehead atoms. The normalized spacial score (nSPS) is 26.2. The lowest BCUT2D eigenvalue weighted by Gasteiger charge is -2.35. The predicted molar refractivity (Wildman–Crippen MR) is 108 cm³/mol. The van der Waals surface area contributed by atoms with Crippen LogP contribution in [0.3, 0.4) is 0 Å². The van der Waals surface area contributed by atoms with Crippen LogP contribution in [0.5, 0.6) is 0 Å². The van der Waals surface area contributed by atoms with Gasteiger partial charge in [0.2, 0.25) is 0 Å². The molecule has 0 aromatic heterocycles. The van der Waals surface area contributed by atoms with Crippen LogP contribution in [-0.2, 0) is 0 Å². The number of aliphatic imine (C=N–C) groups is 1. The molecule has 0 radical (unpaired) electrons. The maximum atomic E-state index is 9.98. The minimum atomic E-state index is -0.547. The summed E-state index contributed by atoms with van der Waals surface area (Å²) in [5, 5.41) is 26.3. The maximum Gasteiger partial charge on any atom is 0.129 e. The van der Waals surface area contributed by atoms with Crippen LogP contribution in [-0.4, -0.2) is 41.8 Å². The maximum absolute atomic E-state index is 9.98. The second-order valence-corrected chi connectivity index (χ2v) is 6.94. The molecule has 27 heavy (non-hydrogen) atoms. The SMILES string of the molecule is CCN1CCC(C2=C(C#N)C(C3=CC=CC(=N)C3=N)/C(=C/N)C(N)=N2)CC1. The van der Waals surface area contributed by atoms with Gasteiger partial charge >= 0.3 is 0 Å². The van der Waals surface area contributed by atoms with Gasteiger partial charge in [-0.25, -0.2) is 4.99 Å². The van der Waals surface area contributed by atoms with Crippen LogP contribution in [0.25, 0.3) is 0 Å². The third kappa shape index (κ3) is 3.36. The summed E-state index contributed by atoms with van der Waals surface area (Å²) in [6.07, 6.45) is 8.27. The zero-order chi connectivity index (χ0) is 19.6. The molecule has 1 atom stereocenters. The first-order valence-corrected chi connectivity index (χ1v) is 9.20. The molecule has 3 aliphatic rings. The second-order valence-electron chi connectivity index (χ2n) is 6.94. The Morgan fingerprint density at radius 3 is 2.67 bits per heavy atom. The summed E-state index contributed by atoms with van der Waals surface area (Å²) in [5.74, 6) is -0.0881. The first-order chi connectivity index (χ1) is 13.0. The van der Waals surface area contributed by atoms with Crippen molar-refractivity contribution in [1.29, 1.82) is 16.1 Å². The fourth-order valence-electron chi connectivity index (χ4n) is 3.98. The Balaban J connectivity index is 2.07. The Morgan fingerprint density at radius 1 is 1.37 bits per heavy atom. The molecule has 140 valence electrons. The van der Waals surface area contributed by atoms with E-state index in [2.05, 4.69) is 22.9 Å². The Bertz CT molecular complexity index is 855. The molecule has 7 heteroatoms. The zero-order valence-electron chi connectivity index (χ0n) is 15.5. The number of hydrogen-bond donors (Lipinski definition) is 4. The Labute approximate surface area is 159 Å². The van der Waals surface area contributed by atoms with Crippen molar-refractivity contribution in [2.75, 3.05) is 19.6 Å². The summed E-state index contributed by atoms with van der Waals surface area (Å²) in [6, 6.07) is 2.32. The highest BCUT2D eigenvalue weighted by molar-refractivity contribution is 6.51. The number of likely N-dealkylation sites (tertiary alicyclic amines) is 1. The third-order valence-electron chi connectivity index (χ3n) is 5.54. The minimum Gasteiger partial charge on any atom is -0.404 e. The molecule has 6 N–H and O–H groups in total. The number of nitriles is 1.